The van der Waals surface area contributed by atoms with E-state index in [0.29, 0.717) is 5.92 Å². The van der Waals surface area contributed by atoms with Gasteiger partial charge in [-0.05, 0) is 40.0 Å². The zero-order chi connectivity index (χ0) is 12.5. The van der Waals surface area contributed by atoms with E-state index in [2.05, 4.69) is 6.92 Å². The van der Waals surface area contributed by atoms with Gasteiger partial charge in [0.15, 0.2) is 0 Å². The summed E-state index contributed by atoms with van der Waals surface area (Å²) in [5.41, 5.74) is -0.483. The Balaban J connectivity index is 2.74. The molecule has 0 aromatic rings. The molecule has 1 aliphatic heterocycles. The minimum absolute atomic E-state index is 0.00471. The number of carbonyl (C=O) groups excluding carboxylic acids is 1. The van der Waals surface area contributed by atoms with Crippen LogP contribution in [-0.4, -0.2) is 40.4 Å². The summed E-state index contributed by atoms with van der Waals surface area (Å²) in [5, 5.41) is 9.32. The predicted octanol–water partition coefficient (Wildman–Crippen LogP) is 2.01. The van der Waals surface area contributed by atoms with Crippen molar-refractivity contribution in [2.24, 2.45) is 5.92 Å². The van der Waals surface area contributed by atoms with Gasteiger partial charge in [-0.1, -0.05) is 6.92 Å². The van der Waals surface area contributed by atoms with Crippen LogP contribution in [0.4, 0.5) is 4.79 Å². The van der Waals surface area contributed by atoms with E-state index >= 15 is 0 Å². The molecule has 16 heavy (non-hydrogen) atoms. The molecule has 1 rings (SSSR count). The number of amides is 1. The summed E-state index contributed by atoms with van der Waals surface area (Å²) in [6, 6.07) is 0.0341. The Morgan fingerprint density at radius 3 is 2.44 bits per heavy atom. The first-order valence-corrected chi connectivity index (χ1v) is 5.88. The zero-order valence-electron chi connectivity index (χ0n) is 10.9. The SMILES string of the molecule is CC1CC(C)N(C(=O)OC(C)(C)C)C1CO. The molecule has 4 nitrogen and oxygen atoms in total. The Kier molecular flexibility index (Phi) is 3.84. The van der Waals surface area contributed by atoms with Crippen LogP contribution in [0.5, 0.6) is 0 Å². The Morgan fingerprint density at radius 2 is 2.00 bits per heavy atom. The van der Waals surface area contributed by atoms with Crippen LogP contribution in [0.3, 0.4) is 0 Å². The topological polar surface area (TPSA) is 49.8 Å². The van der Waals surface area contributed by atoms with Crippen LogP contribution in [0, 0.1) is 5.92 Å². The minimum atomic E-state index is -0.483. The Labute approximate surface area is 97.6 Å². The van der Waals surface area contributed by atoms with Gasteiger partial charge in [-0.2, -0.15) is 0 Å². The van der Waals surface area contributed by atoms with Crippen molar-refractivity contribution >= 4 is 6.09 Å². The number of carbonyl (C=O) groups is 1. The maximum Gasteiger partial charge on any atom is 0.410 e. The molecular weight excluding hydrogens is 206 g/mol. The van der Waals surface area contributed by atoms with Crippen molar-refractivity contribution in [2.75, 3.05) is 6.61 Å². The van der Waals surface area contributed by atoms with Crippen LogP contribution >= 0.6 is 0 Å². The molecule has 0 aromatic carbocycles. The molecule has 3 atom stereocenters. The summed E-state index contributed by atoms with van der Waals surface area (Å²) in [5.74, 6) is 0.326. The second-order valence-electron chi connectivity index (χ2n) is 5.70. The van der Waals surface area contributed by atoms with E-state index in [1.807, 2.05) is 27.7 Å². The number of likely N-dealkylation sites (tertiary alicyclic amines) is 1. The molecule has 0 bridgehead atoms. The lowest BCUT2D eigenvalue weighted by molar-refractivity contribution is 0.00826. The molecule has 94 valence electrons. The molecule has 0 radical (unpaired) electrons. The first-order chi connectivity index (χ1) is 7.26. The monoisotopic (exact) mass is 229 g/mol. The highest BCUT2D eigenvalue weighted by molar-refractivity contribution is 5.69. The van der Waals surface area contributed by atoms with Crippen molar-refractivity contribution in [1.82, 2.24) is 4.90 Å². The standard InChI is InChI=1S/C12H23NO3/c1-8-6-9(2)13(10(8)7-14)11(15)16-12(3,4)5/h8-10,14H,6-7H2,1-5H3. The van der Waals surface area contributed by atoms with E-state index < -0.39 is 5.60 Å². The molecule has 0 aromatic heterocycles. The number of nitrogens with zero attached hydrogens (tertiary/aromatic N) is 1. The molecule has 0 spiro atoms. The smallest absolute Gasteiger partial charge is 0.410 e. The molecule has 1 N–H and O–H groups in total. The molecular formula is C12H23NO3. The first kappa shape index (κ1) is 13.3. The Hall–Kier alpha value is -0.770. The van der Waals surface area contributed by atoms with E-state index in [1.165, 1.54) is 0 Å². The van der Waals surface area contributed by atoms with Crippen LogP contribution in [-0.2, 0) is 4.74 Å². The lowest BCUT2D eigenvalue weighted by Gasteiger charge is -2.31. The number of rotatable bonds is 1. The number of aliphatic hydroxyl groups is 1. The minimum Gasteiger partial charge on any atom is -0.444 e. The largest absolute Gasteiger partial charge is 0.444 e. The zero-order valence-corrected chi connectivity index (χ0v) is 10.9. The van der Waals surface area contributed by atoms with Gasteiger partial charge in [-0.3, -0.25) is 4.90 Å². The van der Waals surface area contributed by atoms with Crippen LogP contribution < -0.4 is 0 Å². The van der Waals surface area contributed by atoms with Gasteiger partial charge >= 0.3 is 6.09 Å². The summed E-state index contributed by atoms with van der Waals surface area (Å²) in [6.45, 7) is 9.61. The third-order valence-corrected chi connectivity index (χ3v) is 2.99. The molecule has 1 saturated heterocycles. The van der Waals surface area contributed by atoms with E-state index in [1.54, 1.807) is 4.90 Å². The predicted molar refractivity (Wildman–Crippen MR) is 62.2 cm³/mol. The van der Waals surface area contributed by atoms with Crippen molar-refractivity contribution in [3.05, 3.63) is 0 Å². The van der Waals surface area contributed by atoms with Crippen LogP contribution in [0.1, 0.15) is 41.0 Å². The average molecular weight is 229 g/mol. The molecule has 0 saturated carbocycles. The molecule has 1 amide bonds. The van der Waals surface area contributed by atoms with E-state index in [0.717, 1.165) is 6.42 Å². The fourth-order valence-corrected chi connectivity index (χ4v) is 2.31. The van der Waals surface area contributed by atoms with Gasteiger partial charge in [0.05, 0.1) is 12.6 Å². The maximum absolute atomic E-state index is 12.0. The fourth-order valence-electron chi connectivity index (χ4n) is 2.31. The summed E-state index contributed by atoms with van der Waals surface area (Å²) < 4.78 is 5.35. The molecule has 0 aliphatic carbocycles. The normalized spacial score (nSPS) is 30.6. The number of ether oxygens (including phenoxy) is 1. The second-order valence-corrected chi connectivity index (χ2v) is 5.70. The number of hydrogen-bond donors (Lipinski definition) is 1. The van der Waals surface area contributed by atoms with Crippen molar-refractivity contribution < 1.29 is 14.6 Å². The molecule has 1 fully saturated rings. The first-order valence-electron chi connectivity index (χ1n) is 5.88. The number of hydrogen-bond acceptors (Lipinski definition) is 3. The highest BCUT2D eigenvalue weighted by atomic mass is 16.6. The summed E-state index contributed by atoms with van der Waals surface area (Å²) in [6.07, 6.45) is 0.605. The maximum atomic E-state index is 12.0. The highest BCUT2D eigenvalue weighted by Crippen LogP contribution is 2.30. The van der Waals surface area contributed by atoms with Crippen LogP contribution in [0.25, 0.3) is 0 Å². The molecule has 1 heterocycles. The van der Waals surface area contributed by atoms with Gasteiger partial charge < -0.3 is 9.84 Å². The summed E-state index contributed by atoms with van der Waals surface area (Å²) >= 11 is 0. The van der Waals surface area contributed by atoms with Crippen molar-refractivity contribution in [2.45, 2.75) is 58.7 Å². The lowest BCUT2D eigenvalue weighted by atomic mass is 10.0. The second kappa shape index (κ2) is 4.62. The summed E-state index contributed by atoms with van der Waals surface area (Å²) in [4.78, 5) is 13.7. The van der Waals surface area contributed by atoms with E-state index in [-0.39, 0.29) is 24.8 Å². The Bertz CT molecular complexity index is 259. The van der Waals surface area contributed by atoms with Gasteiger partial charge in [0.25, 0.3) is 0 Å². The van der Waals surface area contributed by atoms with Gasteiger partial charge in [-0.15, -0.1) is 0 Å². The highest BCUT2D eigenvalue weighted by Gasteiger charge is 2.40. The Morgan fingerprint density at radius 1 is 1.44 bits per heavy atom. The van der Waals surface area contributed by atoms with Crippen molar-refractivity contribution in [3.63, 3.8) is 0 Å². The number of aliphatic hydroxyl groups excluding tert-OH is 1. The third kappa shape index (κ3) is 2.88. The third-order valence-electron chi connectivity index (χ3n) is 2.99. The van der Waals surface area contributed by atoms with Crippen LogP contribution in [0.15, 0.2) is 0 Å². The van der Waals surface area contributed by atoms with Crippen LogP contribution in [0.2, 0.25) is 0 Å². The molecule has 4 heteroatoms. The summed E-state index contributed by atoms with van der Waals surface area (Å²) in [7, 11) is 0. The van der Waals surface area contributed by atoms with E-state index in [9.17, 15) is 9.90 Å². The average Bonchev–Trinajstić information content (AvgIpc) is 2.37. The van der Waals surface area contributed by atoms with Crippen molar-refractivity contribution in [3.8, 4) is 0 Å². The fraction of sp³-hybridized carbons (Fsp3) is 0.917. The van der Waals surface area contributed by atoms with Gasteiger partial charge in [-0.25, -0.2) is 4.79 Å². The van der Waals surface area contributed by atoms with E-state index in [4.69, 9.17) is 4.74 Å². The molecule has 1 aliphatic rings. The van der Waals surface area contributed by atoms with Gasteiger partial charge in [0.2, 0.25) is 0 Å². The molecule has 3 unspecified atom stereocenters. The van der Waals surface area contributed by atoms with Gasteiger partial charge in [0, 0.05) is 6.04 Å². The lowest BCUT2D eigenvalue weighted by Crippen LogP contribution is -2.45. The quantitative estimate of drug-likeness (QED) is 0.748. The van der Waals surface area contributed by atoms with Gasteiger partial charge in [0.1, 0.15) is 5.60 Å². The van der Waals surface area contributed by atoms with Crippen molar-refractivity contribution in [1.29, 1.82) is 0 Å².